The Morgan fingerprint density at radius 1 is 1.43 bits per heavy atom. The maximum Gasteiger partial charge on any atom is 0.261 e. The maximum absolute atomic E-state index is 9.19. The first-order valence-corrected chi connectivity index (χ1v) is 2.97. The van der Waals surface area contributed by atoms with Crippen molar-refractivity contribution in [2.75, 3.05) is 6.26 Å². The Bertz CT molecular complexity index is 124. The van der Waals surface area contributed by atoms with Crippen molar-refractivity contribution < 1.29 is 13.0 Å². The number of hydrogen-bond acceptors (Lipinski definition) is 4. The molecule has 1 N–H and O–H groups in total. The standard InChI is InChI=1S/CH4O3S.N2/c1-5(2,3)4;1-2/h1H3,(H,2,3,4);. The predicted octanol–water partition coefficient (Wildman–Crippen LogP) is -0.466. The molecule has 0 aliphatic heterocycles. The zero-order chi connectivity index (χ0) is 6.50. The van der Waals surface area contributed by atoms with E-state index >= 15 is 0 Å². The van der Waals surface area contributed by atoms with Gasteiger partial charge in [-0.2, -0.15) is 8.42 Å². The van der Waals surface area contributed by atoms with E-state index in [1.54, 1.807) is 0 Å². The van der Waals surface area contributed by atoms with Crippen molar-refractivity contribution in [3.63, 3.8) is 0 Å². The van der Waals surface area contributed by atoms with Crippen LogP contribution in [0.4, 0.5) is 0 Å². The fraction of sp³-hybridized carbons (Fsp3) is 1.00. The first-order valence-electron chi connectivity index (χ1n) is 1.12. The minimum atomic E-state index is -3.67. The molecule has 0 bridgehead atoms. The van der Waals surface area contributed by atoms with Gasteiger partial charge >= 0.3 is 0 Å². The van der Waals surface area contributed by atoms with Gasteiger partial charge in [0, 0.05) is 10.8 Å². The molecule has 0 saturated carbocycles. The van der Waals surface area contributed by atoms with E-state index in [1.807, 2.05) is 0 Å². The number of nitrogens with zero attached hydrogens (tertiary/aromatic N) is 2. The molecule has 0 rings (SSSR count). The summed E-state index contributed by atoms with van der Waals surface area (Å²) in [6.07, 6.45) is 0.715. The largest absolute Gasteiger partial charge is 0.286 e. The van der Waals surface area contributed by atoms with Gasteiger partial charge in [0.1, 0.15) is 0 Å². The summed E-state index contributed by atoms with van der Waals surface area (Å²) in [4.78, 5) is 0. The van der Waals surface area contributed by atoms with Crippen LogP contribution in [0.3, 0.4) is 0 Å². The van der Waals surface area contributed by atoms with Crippen LogP contribution >= 0.6 is 0 Å². The Labute approximate surface area is 41.1 Å². The lowest BCUT2D eigenvalue weighted by Crippen LogP contribution is -1.88. The molecule has 42 valence electrons. The second kappa shape index (κ2) is 3.52. The molecule has 7 heavy (non-hydrogen) atoms. The SMILES string of the molecule is CS(=O)(=O)O.N#N. The third kappa shape index (κ3) is 132. The Hall–Kier alpha value is -0.670. The molecule has 0 heterocycles. The molecule has 0 saturated heterocycles. The second-order valence-electron chi connectivity index (χ2n) is 0.733. The second-order valence-corrected chi connectivity index (χ2v) is 2.20. The fourth-order valence-electron chi connectivity index (χ4n) is 0. The maximum atomic E-state index is 9.19. The van der Waals surface area contributed by atoms with Crippen LogP contribution < -0.4 is 0 Å². The molecule has 0 aliphatic carbocycles. The molecule has 0 aromatic heterocycles. The summed E-state index contributed by atoms with van der Waals surface area (Å²) in [6.45, 7) is 0. The van der Waals surface area contributed by atoms with Crippen molar-refractivity contribution in [3.05, 3.63) is 0 Å². The van der Waals surface area contributed by atoms with Crippen LogP contribution in [-0.4, -0.2) is 19.2 Å². The van der Waals surface area contributed by atoms with Crippen LogP contribution in [0, 0.1) is 10.8 Å². The van der Waals surface area contributed by atoms with Crippen LogP contribution in [0.25, 0.3) is 0 Å². The highest BCUT2D eigenvalue weighted by molar-refractivity contribution is 7.85. The van der Waals surface area contributed by atoms with Crippen molar-refractivity contribution in [2.24, 2.45) is 0 Å². The molecular weight excluding hydrogens is 120 g/mol. The van der Waals surface area contributed by atoms with Crippen LogP contribution in [-0.2, 0) is 10.1 Å². The van der Waals surface area contributed by atoms with E-state index in [-0.39, 0.29) is 0 Å². The minimum Gasteiger partial charge on any atom is -0.286 e. The molecule has 0 aromatic carbocycles. The van der Waals surface area contributed by atoms with E-state index in [0.717, 1.165) is 0 Å². The first kappa shape index (κ1) is 9.59. The van der Waals surface area contributed by atoms with Crippen molar-refractivity contribution in [3.8, 4) is 0 Å². The van der Waals surface area contributed by atoms with Crippen molar-refractivity contribution in [1.82, 2.24) is 0 Å². The minimum absolute atomic E-state index is 0.715. The predicted molar refractivity (Wildman–Crippen MR) is 20.9 cm³/mol. The van der Waals surface area contributed by atoms with Gasteiger partial charge < -0.3 is 0 Å². The Morgan fingerprint density at radius 3 is 1.43 bits per heavy atom. The fourth-order valence-corrected chi connectivity index (χ4v) is 0. The third-order valence-electron chi connectivity index (χ3n) is 0. The Morgan fingerprint density at radius 2 is 1.43 bits per heavy atom. The molecule has 0 radical (unpaired) electrons. The lowest BCUT2D eigenvalue weighted by molar-refractivity contribution is 0.490. The summed E-state index contributed by atoms with van der Waals surface area (Å²) in [5, 5.41) is 12.0. The summed E-state index contributed by atoms with van der Waals surface area (Å²) >= 11 is 0. The molecule has 0 fully saturated rings. The van der Waals surface area contributed by atoms with Crippen molar-refractivity contribution >= 4 is 10.1 Å². The van der Waals surface area contributed by atoms with Gasteiger partial charge in [0.2, 0.25) is 0 Å². The van der Waals surface area contributed by atoms with E-state index in [9.17, 15) is 8.42 Å². The highest BCUT2D eigenvalue weighted by Gasteiger charge is 1.81. The molecular formula is CH4N2O3S. The smallest absolute Gasteiger partial charge is 0.261 e. The normalized spacial score (nSPS) is 8.57. The van der Waals surface area contributed by atoms with Gasteiger partial charge in [-0.15, -0.1) is 0 Å². The van der Waals surface area contributed by atoms with E-state index in [2.05, 4.69) is 0 Å². The highest BCUT2D eigenvalue weighted by Crippen LogP contribution is 1.60. The van der Waals surface area contributed by atoms with Gasteiger partial charge in [-0.1, -0.05) is 0 Å². The zero-order valence-corrected chi connectivity index (χ0v) is 4.38. The monoisotopic (exact) mass is 124 g/mol. The van der Waals surface area contributed by atoms with Crippen LogP contribution in [0.1, 0.15) is 0 Å². The van der Waals surface area contributed by atoms with E-state index in [1.165, 1.54) is 0 Å². The zero-order valence-electron chi connectivity index (χ0n) is 3.57. The quantitative estimate of drug-likeness (QED) is 0.347. The number of hydrogen-bond donors (Lipinski definition) is 1. The molecule has 0 amide bonds. The highest BCUT2D eigenvalue weighted by atomic mass is 32.2. The molecule has 6 heteroatoms. The van der Waals surface area contributed by atoms with E-state index < -0.39 is 10.1 Å². The van der Waals surface area contributed by atoms with Gasteiger partial charge in [0.05, 0.1) is 6.26 Å². The van der Waals surface area contributed by atoms with Gasteiger partial charge in [-0.25, -0.2) is 0 Å². The van der Waals surface area contributed by atoms with Gasteiger partial charge in [0.15, 0.2) is 0 Å². The van der Waals surface area contributed by atoms with Crippen LogP contribution in [0.15, 0.2) is 0 Å². The van der Waals surface area contributed by atoms with Gasteiger partial charge in [-0.05, 0) is 0 Å². The molecule has 0 aliphatic rings. The van der Waals surface area contributed by atoms with Crippen LogP contribution in [0.5, 0.6) is 0 Å². The summed E-state index contributed by atoms with van der Waals surface area (Å²) < 4.78 is 25.9. The molecule has 0 atom stereocenters. The lowest BCUT2D eigenvalue weighted by Gasteiger charge is -1.69. The van der Waals surface area contributed by atoms with Crippen LogP contribution in [0.2, 0.25) is 0 Å². The van der Waals surface area contributed by atoms with E-state index in [0.29, 0.717) is 6.26 Å². The Balaban J connectivity index is 0. The van der Waals surface area contributed by atoms with Gasteiger partial charge in [-0.3, -0.25) is 4.55 Å². The summed E-state index contributed by atoms with van der Waals surface area (Å²) in [7, 11) is -3.67. The molecule has 0 aromatic rings. The summed E-state index contributed by atoms with van der Waals surface area (Å²) in [6, 6.07) is 0. The lowest BCUT2D eigenvalue weighted by atomic mass is 12.0. The average Bonchev–Trinajstić information content (AvgIpc) is 1.36. The van der Waals surface area contributed by atoms with Gasteiger partial charge in [0.25, 0.3) is 10.1 Å². The van der Waals surface area contributed by atoms with Crippen molar-refractivity contribution in [1.29, 1.82) is 10.8 Å². The molecule has 0 spiro atoms. The summed E-state index contributed by atoms with van der Waals surface area (Å²) in [5.74, 6) is 0. The van der Waals surface area contributed by atoms with E-state index in [4.69, 9.17) is 15.3 Å². The molecule has 5 nitrogen and oxygen atoms in total. The number of rotatable bonds is 0. The third-order valence-corrected chi connectivity index (χ3v) is 0. The Kier molecular flexibility index (Phi) is 4.82. The summed E-state index contributed by atoms with van der Waals surface area (Å²) in [5.41, 5.74) is 0. The first-order chi connectivity index (χ1) is 3.00. The van der Waals surface area contributed by atoms with Crippen molar-refractivity contribution in [2.45, 2.75) is 0 Å². The average molecular weight is 124 g/mol. The topological polar surface area (TPSA) is 102 Å². The molecule has 0 unspecified atom stereocenters.